The lowest BCUT2D eigenvalue weighted by Gasteiger charge is -2.28. The van der Waals surface area contributed by atoms with Crippen LogP contribution in [0.1, 0.15) is 38.5 Å². The average Bonchev–Trinajstić information content (AvgIpc) is 2.53. The van der Waals surface area contributed by atoms with Crippen molar-refractivity contribution in [1.29, 1.82) is 0 Å². The molecule has 0 aromatic carbocycles. The van der Waals surface area contributed by atoms with E-state index < -0.39 is 5.91 Å². The van der Waals surface area contributed by atoms with E-state index in [0.29, 0.717) is 17.9 Å². The van der Waals surface area contributed by atoms with Crippen molar-refractivity contribution >= 4 is 17.6 Å². The highest BCUT2D eigenvalue weighted by Crippen LogP contribution is 2.26. The molecule has 0 fully saturated rings. The zero-order valence-electron chi connectivity index (χ0n) is 12.2. The number of primary amides is 1. The maximum Gasteiger partial charge on any atom is 0.267 e. The Labute approximate surface area is 128 Å². The summed E-state index contributed by atoms with van der Waals surface area (Å²) in [6.45, 7) is 2.41. The van der Waals surface area contributed by atoms with E-state index in [4.69, 9.17) is 5.73 Å². The lowest BCUT2D eigenvalue weighted by Crippen LogP contribution is -2.36. The van der Waals surface area contributed by atoms with Crippen molar-refractivity contribution in [1.82, 2.24) is 9.97 Å². The monoisotopic (exact) mass is 296 g/mol. The molecule has 2 aromatic rings. The molecule has 0 unspecified atom stereocenters. The molecule has 2 amide bonds. The summed E-state index contributed by atoms with van der Waals surface area (Å²) in [5.74, 6) is -0.205. The van der Waals surface area contributed by atoms with E-state index in [1.807, 2.05) is 13.0 Å². The Morgan fingerprint density at radius 3 is 2.82 bits per heavy atom. The molecule has 3 rings (SSSR count). The van der Waals surface area contributed by atoms with Crippen LogP contribution < -0.4 is 10.6 Å². The van der Waals surface area contributed by atoms with Gasteiger partial charge >= 0.3 is 0 Å². The molecule has 2 aromatic heterocycles. The van der Waals surface area contributed by atoms with Gasteiger partial charge in [-0.3, -0.25) is 19.5 Å². The fraction of sp³-hybridized carbons (Fsp3) is 0.250. The molecule has 1 aliphatic rings. The van der Waals surface area contributed by atoms with Crippen LogP contribution in [-0.4, -0.2) is 28.3 Å². The highest BCUT2D eigenvalue weighted by Gasteiger charge is 2.26. The largest absolute Gasteiger partial charge is 0.364 e. The van der Waals surface area contributed by atoms with E-state index in [-0.39, 0.29) is 11.6 Å². The molecule has 112 valence electrons. The van der Waals surface area contributed by atoms with Crippen LogP contribution in [0.3, 0.4) is 0 Å². The molecule has 0 spiro atoms. The first-order valence-electron chi connectivity index (χ1n) is 7.10. The van der Waals surface area contributed by atoms with Crippen molar-refractivity contribution < 1.29 is 9.59 Å². The highest BCUT2D eigenvalue weighted by atomic mass is 16.2. The van der Waals surface area contributed by atoms with Crippen molar-refractivity contribution in [3.8, 4) is 0 Å². The number of fused-ring (bicyclic) bond motifs is 1. The van der Waals surface area contributed by atoms with Gasteiger partial charge in [0.05, 0.1) is 0 Å². The number of amides is 2. The third-order valence-electron chi connectivity index (χ3n) is 3.68. The van der Waals surface area contributed by atoms with Gasteiger partial charge in [0.25, 0.3) is 11.8 Å². The molecule has 6 nitrogen and oxygen atoms in total. The van der Waals surface area contributed by atoms with Gasteiger partial charge in [-0.25, -0.2) is 4.98 Å². The molecule has 2 N–H and O–H groups in total. The summed E-state index contributed by atoms with van der Waals surface area (Å²) in [5.41, 5.74) is 7.75. The second-order valence-electron chi connectivity index (χ2n) is 5.29. The van der Waals surface area contributed by atoms with E-state index in [9.17, 15) is 9.59 Å². The maximum absolute atomic E-state index is 12.7. The van der Waals surface area contributed by atoms with E-state index in [1.165, 1.54) is 0 Å². The Bertz CT molecular complexity index is 758. The molecule has 0 radical (unpaired) electrons. The summed E-state index contributed by atoms with van der Waals surface area (Å²) in [6.07, 6.45) is 3.31. The molecular formula is C16H16N4O2. The summed E-state index contributed by atoms with van der Waals surface area (Å²) in [4.78, 5) is 34.1. The summed E-state index contributed by atoms with van der Waals surface area (Å²) in [7, 11) is 0. The zero-order chi connectivity index (χ0) is 15.7. The molecule has 0 saturated heterocycles. The first-order chi connectivity index (χ1) is 10.6. The van der Waals surface area contributed by atoms with Gasteiger partial charge in [-0.15, -0.1) is 0 Å². The second-order valence-corrected chi connectivity index (χ2v) is 5.29. The SMILES string of the molecule is Cc1cc(C(=O)N2CCCc3ccc(C(N)=O)nc32)ccn1. The first kappa shape index (κ1) is 14.2. The Hall–Kier alpha value is -2.76. The van der Waals surface area contributed by atoms with Crippen molar-refractivity contribution in [2.45, 2.75) is 19.8 Å². The van der Waals surface area contributed by atoms with E-state index in [0.717, 1.165) is 24.1 Å². The Balaban J connectivity index is 2.02. The summed E-state index contributed by atoms with van der Waals surface area (Å²) in [6, 6.07) is 6.85. The van der Waals surface area contributed by atoms with Crippen LogP contribution in [0.2, 0.25) is 0 Å². The number of anilines is 1. The van der Waals surface area contributed by atoms with Crippen LogP contribution >= 0.6 is 0 Å². The van der Waals surface area contributed by atoms with Crippen molar-refractivity contribution in [2.75, 3.05) is 11.4 Å². The van der Waals surface area contributed by atoms with Gasteiger partial charge in [0.15, 0.2) is 0 Å². The topological polar surface area (TPSA) is 89.2 Å². The van der Waals surface area contributed by atoms with Crippen molar-refractivity contribution in [3.05, 3.63) is 53.0 Å². The van der Waals surface area contributed by atoms with E-state index in [2.05, 4.69) is 9.97 Å². The predicted octanol–water partition coefficient (Wildman–Crippen LogP) is 1.48. The van der Waals surface area contributed by atoms with Crippen LogP contribution in [0.4, 0.5) is 5.82 Å². The predicted molar refractivity (Wildman–Crippen MR) is 81.7 cm³/mol. The summed E-state index contributed by atoms with van der Waals surface area (Å²) < 4.78 is 0. The number of nitrogens with two attached hydrogens (primary N) is 1. The van der Waals surface area contributed by atoms with Crippen LogP contribution in [0.5, 0.6) is 0 Å². The zero-order valence-corrected chi connectivity index (χ0v) is 12.2. The minimum Gasteiger partial charge on any atom is -0.364 e. The molecule has 0 aliphatic carbocycles. The molecule has 0 saturated carbocycles. The Morgan fingerprint density at radius 2 is 2.09 bits per heavy atom. The Kier molecular flexibility index (Phi) is 3.58. The summed E-state index contributed by atoms with van der Waals surface area (Å²) in [5, 5.41) is 0. The summed E-state index contributed by atoms with van der Waals surface area (Å²) >= 11 is 0. The number of carbonyl (C=O) groups is 2. The van der Waals surface area contributed by atoms with E-state index >= 15 is 0 Å². The number of rotatable bonds is 2. The number of hydrogen-bond donors (Lipinski definition) is 1. The minimum absolute atomic E-state index is 0.138. The number of hydrogen-bond acceptors (Lipinski definition) is 4. The lowest BCUT2D eigenvalue weighted by atomic mass is 10.0. The number of nitrogens with zero attached hydrogens (tertiary/aromatic N) is 3. The van der Waals surface area contributed by atoms with Crippen LogP contribution in [-0.2, 0) is 6.42 Å². The molecule has 1 aliphatic heterocycles. The van der Waals surface area contributed by atoms with E-state index in [1.54, 1.807) is 29.3 Å². The van der Waals surface area contributed by atoms with Crippen LogP contribution in [0, 0.1) is 6.92 Å². The fourth-order valence-corrected chi connectivity index (χ4v) is 2.61. The van der Waals surface area contributed by atoms with Gasteiger partial charge in [0.2, 0.25) is 0 Å². The van der Waals surface area contributed by atoms with Crippen molar-refractivity contribution in [3.63, 3.8) is 0 Å². The molecule has 3 heterocycles. The molecular weight excluding hydrogens is 280 g/mol. The van der Waals surface area contributed by atoms with Crippen LogP contribution in [0.25, 0.3) is 0 Å². The molecule has 0 bridgehead atoms. The second kappa shape index (κ2) is 5.55. The van der Waals surface area contributed by atoms with Crippen LogP contribution in [0.15, 0.2) is 30.5 Å². The minimum atomic E-state index is -0.597. The van der Waals surface area contributed by atoms with Crippen molar-refractivity contribution in [2.24, 2.45) is 5.73 Å². The number of aromatic nitrogens is 2. The molecule has 0 atom stereocenters. The average molecular weight is 296 g/mol. The number of carbonyl (C=O) groups excluding carboxylic acids is 2. The van der Waals surface area contributed by atoms with Gasteiger partial charge in [-0.05, 0) is 43.5 Å². The quantitative estimate of drug-likeness (QED) is 0.909. The van der Waals surface area contributed by atoms with Gasteiger partial charge in [-0.2, -0.15) is 0 Å². The molecule has 22 heavy (non-hydrogen) atoms. The smallest absolute Gasteiger partial charge is 0.267 e. The normalized spacial score (nSPS) is 13.6. The third kappa shape index (κ3) is 2.55. The first-order valence-corrected chi connectivity index (χ1v) is 7.10. The number of aryl methyl sites for hydroxylation is 2. The number of pyridine rings is 2. The maximum atomic E-state index is 12.7. The lowest BCUT2D eigenvalue weighted by molar-refractivity contribution is 0.0975. The van der Waals surface area contributed by atoms with Gasteiger partial charge in [-0.1, -0.05) is 6.07 Å². The standard InChI is InChI=1S/C16H16N4O2/c1-10-9-12(6-7-18-10)16(22)20-8-2-3-11-4-5-13(14(17)21)19-15(11)20/h4-7,9H,2-3,8H2,1H3,(H2,17,21). The third-order valence-corrected chi connectivity index (χ3v) is 3.68. The van der Waals surface area contributed by atoms with Gasteiger partial charge in [0, 0.05) is 24.0 Å². The fourth-order valence-electron chi connectivity index (χ4n) is 2.61. The molecule has 6 heteroatoms. The van der Waals surface area contributed by atoms with Gasteiger partial charge in [0.1, 0.15) is 11.5 Å². The Morgan fingerprint density at radius 1 is 1.27 bits per heavy atom. The highest BCUT2D eigenvalue weighted by molar-refractivity contribution is 6.06. The van der Waals surface area contributed by atoms with Gasteiger partial charge < -0.3 is 5.73 Å².